The number of rotatable bonds is 6. The first-order valence-corrected chi connectivity index (χ1v) is 9.77. The predicted octanol–water partition coefficient (Wildman–Crippen LogP) is 4.14. The first-order valence-electron chi connectivity index (χ1n) is 9.77. The van der Waals surface area contributed by atoms with E-state index in [1.807, 2.05) is 12.1 Å². The second-order valence-corrected chi connectivity index (χ2v) is 7.70. The molecule has 150 valence electrons. The number of carbonyl (C=O) groups is 2. The summed E-state index contributed by atoms with van der Waals surface area (Å²) in [4.78, 5) is 24.1. The molecule has 1 fully saturated rings. The fraction of sp³-hybridized carbons (Fsp3) is 0.333. The Morgan fingerprint density at radius 2 is 1.86 bits per heavy atom. The lowest BCUT2D eigenvalue weighted by atomic mass is 10.0. The van der Waals surface area contributed by atoms with Gasteiger partial charge in [-0.3, -0.25) is 4.79 Å². The molecule has 2 aromatic rings. The van der Waals surface area contributed by atoms with Gasteiger partial charge in [-0.1, -0.05) is 43.9 Å². The van der Waals surface area contributed by atoms with E-state index in [4.69, 9.17) is 0 Å². The summed E-state index contributed by atoms with van der Waals surface area (Å²) in [7, 11) is 0. The van der Waals surface area contributed by atoms with Gasteiger partial charge >= 0.3 is 5.97 Å². The summed E-state index contributed by atoms with van der Waals surface area (Å²) < 4.78 is 14.3. The van der Waals surface area contributed by atoms with Crippen molar-refractivity contribution in [3.63, 3.8) is 0 Å². The molecular formula is C24H24FNO3. The van der Waals surface area contributed by atoms with Gasteiger partial charge in [0.05, 0.1) is 5.56 Å². The monoisotopic (exact) mass is 393 g/mol. The van der Waals surface area contributed by atoms with Crippen LogP contribution in [0.1, 0.15) is 59.7 Å². The smallest absolute Gasteiger partial charge is 0.326 e. The van der Waals surface area contributed by atoms with E-state index in [1.165, 1.54) is 6.07 Å². The lowest BCUT2D eigenvalue weighted by Gasteiger charge is -2.15. The molecule has 5 heteroatoms. The Balaban J connectivity index is 1.68. The minimum atomic E-state index is -1.17. The summed E-state index contributed by atoms with van der Waals surface area (Å²) in [6, 6.07) is 10.4. The van der Waals surface area contributed by atoms with Gasteiger partial charge in [0.1, 0.15) is 11.9 Å². The highest BCUT2D eigenvalue weighted by Gasteiger charge is 2.22. The highest BCUT2D eigenvalue weighted by molar-refractivity contribution is 5.96. The van der Waals surface area contributed by atoms with E-state index < -0.39 is 23.7 Å². The van der Waals surface area contributed by atoms with Crippen LogP contribution in [0.4, 0.5) is 4.39 Å². The number of hydrogen-bond acceptors (Lipinski definition) is 2. The van der Waals surface area contributed by atoms with Crippen LogP contribution in [0.3, 0.4) is 0 Å². The first kappa shape index (κ1) is 20.6. The third kappa shape index (κ3) is 5.68. The van der Waals surface area contributed by atoms with Crippen molar-refractivity contribution >= 4 is 11.9 Å². The van der Waals surface area contributed by atoms with Crippen molar-refractivity contribution in [3.05, 3.63) is 70.5 Å². The van der Waals surface area contributed by atoms with Crippen molar-refractivity contribution in [2.45, 2.75) is 45.1 Å². The standard InChI is InChI=1S/C24H24FNO3/c1-15(2)18-9-11-20(12-10-18)23(27)26-22(24(28)29)14-17-6-8-19(21(25)13-17)7-5-16-3-4-16/h6,8-13,15-16,22H,3-4,14H2,1-2H3,(H,26,27)(H,28,29). The van der Waals surface area contributed by atoms with Gasteiger partial charge in [0.2, 0.25) is 0 Å². The maximum absolute atomic E-state index is 14.3. The highest BCUT2D eigenvalue weighted by Crippen LogP contribution is 2.27. The molecule has 0 radical (unpaired) electrons. The van der Waals surface area contributed by atoms with Crippen LogP contribution in [0.15, 0.2) is 42.5 Å². The molecule has 2 N–H and O–H groups in total. The number of aliphatic carboxylic acids is 1. The van der Waals surface area contributed by atoms with Crippen molar-refractivity contribution in [1.82, 2.24) is 5.32 Å². The van der Waals surface area contributed by atoms with Crippen molar-refractivity contribution < 1.29 is 19.1 Å². The number of carbonyl (C=O) groups excluding carboxylic acids is 1. The molecule has 0 spiro atoms. The molecule has 0 aromatic heterocycles. The van der Waals surface area contributed by atoms with Crippen LogP contribution < -0.4 is 5.32 Å². The Hall–Kier alpha value is -3.13. The normalized spacial score (nSPS) is 14.1. The molecular weight excluding hydrogens is 369 g/mol. The third-order valence-electron chi connectivity index (χ3n) is 4.90. The Morgan fingerprint density at radius 3 is 2.41 bits per heavy atom. The van der Waals surface area contributed by atoms with Crippen LogP contribution in [-0.4, -0.2) is 23.0 Å². The Bertz CT molecular complexity index is 966. The number of amides is 1. The van der Waals surface area contributed by atoms with E-state index >= 15 is 0 Å². The summed E-state index contributed by atoms with van der Waals surface area (Å²) in [5.74, 6) is 4.43. The molecule has 1 amide bonds. The molecule has 1 aliphatic carbocycles. The summed E-state index contributed by atoms with van der Waals surface area (Å²) in [6.07, 6.45) is 2.11. The van der Waals surface area contributed by atoms with E-state index in [0.29, 0.717) is 28.5 Å². The number of carboxylic acid groups (broad SMARTS) is 1. The quantitative estimate of drug-likeness (QED) is 0.725. The zero-order valence-corrected chi connectivity index (χ0v) is 16.5. The van der Waals surface area contributed by atoms with Crippen LogP contribution in [0.5, 0.6) is 0 Å². The summed E-state index contributed by atoms with van der Waals surface area (Å²) in [5, 5.41) is 12.0. The largest absolute Gasteiger partial charge is 0.480 e. The van der Waals surface area contributed by atoms with Crippen LogP contribution in [-0.2, 0) is 11.2 Å². The lowest BCUT2D eigenvalue weighted by Crippen LogP contribution is -2.42. The summed E-state index contributed by atoms with van der Waals surface area (Å²) in [5.41, 5.74) is 2.28. The summed E-state index contributed by atoms with van der Waals surface area (Å²) >= 11 is 0. The topological polar surface area (TPSA) is 66.4 Å². The summed E-state index contributed by atoms with van der Waals surface area (Å²) in [6.45, 7) is 4.11. The second kappa shape index (κ2) is 8.91. The number of halogens is 1. The van der Waals surface area contributed by atoms with Gasteiger partial charge in [-0.15, -0.1) is 0 Å². The van der Waals surface area contributed by atoms with E-state index in [2.05, 4.69) is 31.0 Å². The molecule has 1 unspecified atom stereocenters. The van der Waals surface area contributed by atoms with Crippen molar-refractivity contribution in [2.24, 2.45) is 5.92 Å². The second-order valence-electron chi connectivity index (χ2n) is 7.70. The predicted molar refractivity (Wildman–Crippen MR) is 109 cm³/mol. The van der Waals surface area contributed by atoms with Crippen LogP contribution in [0, 0.1) is 23.6 Å². The molecule has 3 rings (SSSR count). The average Bonchev–Trinajstić information content (AvgIpc) is 3.51. The molecule has 2 aromatic carbocycles. The van der Waals surface area contributed by atoms with Gasteiger partial charge in [0.15, 0.2) is 0 Å². The maximum atomic E-state index is 14.3. The van der Waals surface area contributed by atoms with Crippen LogP contribution >= 0.6 is 0 Å². The average molecular weight is 393 g/mol. The fourth-order valence-corrected chi connectivity index (χ4v) is 2.89. The zero-order chi connectivity index (χ0) is 21.0. The van der Waals surface area contributed by atoms with Crippen molar-refractivity contribution in [3.8, 4) is 11.8 Å². The van der Waals surface area contributed by atoms with Gasteiger partial charge in [-0.2, -0.15) is 0 Å². The van der Waals surface area contributed by atoms with E-state index in [-0.39, 0.29) is 6.42 Å². The highest BCUT2D eigenvalue weighted by atomic mass is 19.1. The van der Waals surface area contributed by atoms with Gasteiger partial charge in [0, 0.05) is 17.9 Å². The van der Waals surface area contributed by atoms with Crippen molar-refractivity contribution in [2.75, 3.05) is 0 Å². The van der Waals surface area contributed by atoms with Gasteiger partial charge in [-0.05, 0) is 54.2 Å². The van der Waals surface area contributed by atoms with Crippen LogP contribution in [0.25, 0.3) is 0 Å². The molecule has 1 atom stereocenters. The number of nitrogens with one attached hydrogen (secondary N) is 1. The van der Waals surface area contributed by atoms with Crippen molar-refractivity contribution in [1.29, 1.82) is 0 Å². The Labute approximate surface area is 170 Å². The van der Waals surface area contributed by atoms with Gasteiger partial charge in [-0.25, -0.2) is 9.18 Å². The molecule has 0 heterocycles. The molecule has 0 bridgehead atoms. The minimum absolute atomic E-state index is 0.0155. The van der Waals surface area contributed by atoms with E-state index in [9.17, 15) is 19.1 Å². The Morgan fingerprint density at radius 1 is 1.17 bits per heavy atom. The minimum Gasteiger partial charge on any atom is -0.480 e. The SMILES string of the molecule is CC(C)c1ccc(C(=O)NC(Cc2ccc(C#CC3CC3)c(F)c2)C(=O)O)cc1. The fourth-order valence-electron chi connectivity index (χ4n) is 2.89. The van der Waals surface area contributed by atoms with Crippen LogP contribution in [0.2, 0.25) is 0 Å². The number of hydrogen-bond donors (Lipinski definition) is 2. The number of carboxylic acids is 1. The van der Waals surface area contributed by atoms with E-state index in [0.717, 1.165) is 18.4 Å². The number of benzene rings is 2. The molecule has 1 saturated carbocycles. The zero-order valence-electron chi connectivity index (χ0n) is 16.5. The molecule has 29 heavy (non-hydrogen) atoms. The molecule has 1 aliphatic rings. The lowest BCUT2D eigenvalue weighted by molar-refractivity contribution is -0.139. The third-order valence-corrected chi connectivity index (χ3v) is 4.90. The molecule has 4 nitrogen and oxygen atoms in total. The van der Waals surface area contributed by atoms with E-state index in [1.54, 1.807) is 24.3 Å². The maximum Gasteiger partial charge on any atom is 0.326 e. The van der Waals surface area contributed by atoms with Gasteiger partial charge in [0.25, 0.3) is 5.91 Å². The Kier molecular flexibility index (Phi) is 6.33. The first-order chi connectivity index (χ1) is 13.8. The molecule has 0 saturated heterocycles. The van der Waals surface area contributed by atoms with Gasteiger partial charge < -0.3 is 10.4 Å². The molecule has 0 aliphatic heterocycles.